The van der Waals surface area contributed by atoms with Gasteiger partial charge in [0.25, 0.3) is 0 Å². The van der Waals surface area contributed by atoms with Gasteiger partial charge in [0.05, 0.1) is 30.4 Å². The molecule has 2 N–H and O–H groups in total. The number of aryl methyl sites for hydroxylation is 1. The molecule has 0 aliphatic carbocycles. The number of ketones is 1. The highest BCUT2D eigenvalue weighted by atomic mass is 16.2. The number of Topliss-reactive ketones (excluding diaryl/α,β-unsaturated/α-hetero) is 1. The number of aromatic nitrogens is 4. The molecule has 7 rings (SSSR count). The predicted molar refractivity (Wildman–Crippen MR) is 144 cm³/mol. The predicted octanol–water partition coefficient (Wildman–Crippen LogP) is 3.36. The van der Waals surface area contributed by atoms with Gasteiger partial charge < -0.3 is 10.5 Å². The van der Waals surface area contributed by atoms with Gasteiger partial charge in [-0.3, -0.25) is 9.48 Å². The largest absolute Gasteiger partial charge is 0.340 e. The molecule has 0 radical (unpaired) electrons. The average Bonchev–Trinajstić information content (AvgIpc) is 3.48. The summed E-state index contributed by atoms with van der Waals surface area (Å²) in [5.41, 5.74) is 10.7. The Hall–Kier alpha value is -3.69. The van der Waals surface area contributed by atoms with Crippen molar-refractivity contribution in [2.45, 2.75) is 52.0 Å². The van der Waals surface area contributed by atoms with E-state index in [1.165, 1.54) is 7.05 Å². The third kappa shape index (κ3) is 3.89. The molecule has 4 aromatic rings. The van der Waals surface area contributed by atoms with E-state index in [-0.39, 0.29) is 41.6 Å². The van der Waals surface area contributed by atoms with E-state index in [2.05, 4.69) is 30.9 Å². The van der Waals surface area contributed by atoms with Gasteiger partial charge in [-0.25, -0.2) is 4.79 Å². The van der Waals surface area contributed by atoms with E-state index in [1.807, 2.05) is 27.8 Å². The lowest BCUT2D eigenvalue weighted by Gasteiger charge is -2.39. The first-order chi connectivity index (χ1) is 17.9. The summed E-state index contributed by atoms with van der Waals surface area (Å²) in [6.45, 7) is 5.10. The Kier molecular flexibility index (Phi) is 6.51. The topological polar surface area (TPSA) is 113 Å². The lowest BCUT2D eigenvalue weighted by Crippen LogP contribution is -2.65. The fourth-order valence-electron chi connectivity index (χ4n) is 6.07. The number of carbonyl (C=O) groups excluding carboxylic acids is 3. The van der Waals surface area contributed by atoms with Crippen LogP contribution in [0.1, 0.15) is 49.8 Å². The van der Waals surface area contributed by atoms with Crippen molar-refractivity contribution in [3.63, 3.8) is 0 Å². The van der Waals surface area contributed by atoms with Crippen molar-refractivity contribution >= 4 is 39.8 Å². The lowest BCUT2D eigenvalue weighted by atomic mass is 9.88. The number of nitrogens with two attached hydrogens (primary N) is 1. The van der Waals surface area contributed by atoms with E-state index in [1.54, 1.807) is 6.92 Å². The molecular formula is C28H33N6O3+. The third-order valence-electron chi connectivity index (χ3n) is 7.75. The van der Waals surface area contributed by atoms with Crippen molar-refractivity contribution in [2.24, 2.45) is 5.73 Å². The van der Waals surface area contributed by atoms with E-state index in [0.717, 1.165) is 63.3 Å². The van der Waals surface area contributed by atoms with Crippen LogP contribution in [0.3, 0.4) is 0 Å². The second-order valence-corrected chi connectivity index (χ2v) is 9.95. The van der Waals surface area contributed by atoms with Gasteiger partial charge in [0.1, 0.15) is 24.9 Å². The molecule has 1 amide bonds. The van der Waals surface area contributed by atoms with Gasteiger partial charge in [-0.05, 0) is 55.8 Å². The van der Waals surface area contributed by atoms with Crippen molar-refractivity contribution in [3.8, 4) is 11.1 Å². The average molecular weight is 502 g/mol. The van der Waals surface area contributed by atoms with Crippen LogP contribution >= 0.6 is 0 Å². The van der Waals surface area contributed by atoms with Crippen LogP contribution in [0.25, 0.3) is 32.9 Å². The number of amides is 1. The van der Waals surface area contributed by atoms with Crippen LogP contribution in [-0.2, 0) is 20.9 Å². The van der Waals surface area contributed by atoms with Gasteiger partial charge in [-0.2, -0.15) is 5.10 Å². The van der Waals surface area contributed by atoms with Crippen LogP contribution in [0.2, 0.25) is 0 Å². The van der Waals surface area contributed by atoms with Crippen molar-refractivity contribution in [1.29, 1.82) is 0 Å². The fourth-order valence-corrected chi connectivity index (χ4v) is 6.07. The molecule has 3 aliphatic heterocycles. The molecule has 192 valence electrons. The van der Waals surface area contributed by atoms with Crippen LogP contribution in [0.15, 0.2) is 36.5 Å². The van der Waals surface area contributed by atoms with E-state index >= 15 is 0 Å². The molecule has 37 heavy (non-hydrogen) atoms. The molecule has 2 aromatic carbocycles. The van der Waals surface area contributed by atoms with E-state index in [4.69, 9.17) is 10.2 Å². The zero-order valence-electron chi connectivity index (χ0n) is 21.6. The molecule has 5 heterocycles. The monoisotopic (exact) mass is 501 g/mol. The minimum atomic E-state index is 0.0201. The number of carbonyl (C=O) groups is 3. The van der Waals surface area contributed by atoms with Gasteiger partial charge in [-0.1, -0.05) is 16.9 Å². The fraction of sp³-hybridized carbons (Fsp3) is 0.393. The Morgan fingerprint density at radius 2 is 1.89 bits per heavy atom. The minimum Gasteiger partial charge on any atom is -0.333 e. The van der Waals surface area contributed by atoms with Crippen molar-refractivity contribution < 1.29 is 14.4 Å². The second kappa shape index (κ2) is 9.64. The highest BCUT2D eigenvalue weighted by molar-refractivity contribution is 6.01. The third-order valence-corrected chi connectivity index (χ3v) is 7.75. The van der Waals surface area contributed by atoms with E-state index in [0.29, 0.717) is 13.1 Å². The molecule has 1 fully saturated rings. The van der Waals surface area contributed by atoms with Crippen LogP contribution in [0.4, 0.5) is 0 Å². The molecule has 2 aromatic heterocycles. The maximum atomic E-state index is 13.6. The quantitative estimate of drug-likeness (QED) is 0.331. The Balaban J connectivity index is 0.00000137. The van der Waals surface area contributed by atoms with Gasteiger partial charge in [0.15, 0.2) is 5.78 Å². The summed E-state index contributed by atoms with van der Waals surface area (Å²) in [7, 11) is 1.50. The standard InChI is InChI=1S/C27H28N5O3.CH5N/c1-17-13-20-15-28-31-24(20)14-22(17)21-5-3-6-23-26(21)27(29-30(23)16-18(2)34)19-8-10-32(31,11-9-19)25(35)7-4-12-33;1-2/h3,5-6,12-15,19H,4,7-11,16H2,1-2H3;2H2,1H3/q+1;. The normalized spacial score (nSPS) is 19.9. The summed E-state index contributed by atoms with van der Waals surface area (Å²) >= 11 is 0. The van der Waals surface area contributed by atoms with Gasteiger partial charge in [0, 0.05) is 36.0 Å². The van der Waals surface area contributed by atoms with Crippen LogP contribution < -0.4 is 10.3 Å². The number of aldehydes is 1. The van der Waals surface area contributed by atoms with Gasteiger partial charge in [-0.15, -0.1) is 9.69 Å². The van der Waals surface area contributed by atoms with Gasteiger partial charge >= 0.3 is 5.91 Å². The zero-order chi connectivity index (χ0) is 26.3. The van der Waals surface area contributed by atoms with Crippen LogP contribution in [-0.4, -0.2) is 57.8 Å². The highest BCUT2D eigenvalue weighted by Gasteiger charge is 2.46. The Bertz CT molecular complexity index is 1520. The molecule has 3 aliphatic rings. The molecular weight excluding hydrogens is 468 g/mol. The number of nitrogens with zero attached hydrogens (tertiary/aromatic N) is 5. The molecule has 1 saturated heterocycles. The van der Waals surface area contributed by atoms with E-state index < -0.39 is 0 Å². The molecule has 0 atom stereocenters. The number of quaternary nitrogens is 1. The molecule has 0 spiro atoms. The summed E-state index contributed by atoms with van der Waals surface area (Å²) in [6.07, 6.45) is 4.60. The van der Waals surface area contributed by atoms with Crippen LogP contribution in [0.5, 0.6) is 0 Å². The summed E-state index contributed by atoms with van der Waals surface area (Å²) in [6, 6.07) is 10.5. The minimum absolute atomic E-state index is 0.0201. The number of benzene rings is 2. The number of fused-ring (bicyclic) bond motifs is 2. The maximum Gasteiger partial charge on any atom is 0.340 e. The number of hydrogen-bond acceptors (Lipinski definition) is 6. The first-order valence-electron chi connectivity index (χ1n) is 12.8. The molecule has 0 saturated carbocycles. The SMILES string of the molecule is CC(=O)Cn1nc2c3c(cccc31)-c1cc3c(cnn3[N+]3(C(=O)CCC=O)CCC2CC3)cc1C.CN. The second-order valence-electron chi connectivity index (χ2n) is 9.95. The van der Waals surface area contributed by atoms with Crippen molar-refractivity contribution in [3.05, 3.63) is 47.8 Å². The van der Waals surface area contributed by atoms with Crippen LogP contribution in [0, 0.1) is 6.92 Å². The van der Waals surface area contributed by atoms with Crippen molar-refractivity contribution in [2.75, 3.05) is 20.1 Å². The van der Waals surface area contributed by atoms with Gasteiger partial charge in [0.2, 0.25) is 0 Å². The summed E-state index contributed by atoms with van der Waals surface area (Å²) < 4.78 is 1.94. The smallest absolute Gasteiger partial charge is 0.333 e. The molecule has 4 bridgehead atoms. The molecule has 9 heteroatoms. The molecule has 0 unspecified atom stereocenters. The number of piperidine rings is 1. The van der Waals surface area contributed by atoms with Crippen molar-refractivity contribution in [1.82, 2.24) is 24.3 Å². The number of hydrogen-bond donors (Lipinski definition) is 1. The first kappa shape index (κ1) is 25.0. The maximum absolute atomic E-state index is 13.6. The summed E-state index contributed by atoms with van der Waals surface area (Å²) in [5, 5.41) is 11.8. The highest BCUT2D eigenvalue weighted by Crippen LogP contribution is 2.42. The lowest BCUT2D eigenvalue weighted by molar-refractivity contribution is -0.141. The Morgan fingerprint density at radius 3 is 2.59 bits per heavy atom. The summed E-state index contributed by atoms with van der Waals surface area (Å²) in [5.74, 6) is 0.251. The summed E-state index contributed by atoms with van der Waals surface area (Å²) in [4.78, 5) is 38.6. The first-order valence-corrected chi connectivity index (χ1v) is 12.8. The Morgan fingerprint density at radius 1 is 1.14 bits per heavy atom. The molecule has 9 nitrogen and oxygen atoms in total. The Labute approximate surface area is 215 Å². The zero-order valence-corrected chi connectivity index (χ0v) is 21.6. The van der Waals surface area contributed by atoms with E-state index in [9.17, 15) is 14.4 Å². The number of rotatable bonds is 5.